The fourth-order valence-electron chi connectivity index (χ4n) is 6.54. The molecule has 0 aromatic carbocycles. The second kappa shape index (κ2) is 5.44. The highest BCUT2D eigenvalue weighted by Gasteiger charge is 2.53. The highest BCUT2D eigenvalue weighted by molar-refractivity contribution is 5.95. The summed E-state index contributed by atoms with van der Waals surface area (Å²) in [4.78, 5) is 24.4. The molecule has 1 unspecified atom stereocenters. The van der Waals surface area contributed by atoms with E-state index in [2.05, 4.69) is 21.7 Å². The molecule has 0 amide bonds. The Kier molecular flexibility index (Phi) is 3.37. The van der Waals surface area contributed by atoms with Crippen molar-refractivity contribution in [3.8, 4) is 11.3 Å². The third-order valence-corrected chi connectivity index (χ3v) is 7.40. The van der Waals surface area contributed by atoms with Crippen molar-refractivity contribution in [2.75, 3.05) is 7.11 Å². The topological polar surface area (TPSA) is 77.0 Å². The minimum absolute atomic E-state index is 0.248. The summed E-state index contributed by atoms with van der Waals surface area (Å²) in [6.45, 7) is 2.25. The van der Waals surface area contributed by atoms with Crippen LogP contribution in [0.2, 0.25) is 0 Å². The van der Waals surface area contributed by atoms with E-state index in [4.69, 9.17) is 4.74 Å². The maximum Gasteiger partial charge on any atom is 0.341 e. The number of aromatic nitrogens is 3. The minimum Gasteiger partial charge on any atom is -0.465 e. The Hall–Kier alpha value is -2.11. The van der Waals surface area contributed by atoms with E-state index in [0.717, 1.165) is 17.8 Å². The zero-order valence-electron chi connectivity index (χ0n) is 15.3. The number of ether oxygens (including phenoxy) is 1. The molecule has 0 aromatic heterocycles. The first kappa shape index (κ1) is 16.1. The number of rotatable bonds is 3. The normalized spacial score (nSPS) is 33.5. The Morgan fingerprint density at radius 1 is 1.23 bits per heavy atom. The van der Waals surface area contributed by atoms with Crippen LogP contribution in [0, 0.1) is 23.2 Å². The number of hydrogen-bond donors (Lipinski definition) is 1. The van der Waals surface area contributed by atoms with Crippen LogP contribution in [0.5, 0.6) is 0 Å². The van der Waals surface area contributed by atoms with Crippen LogP contribution in [0.25, 0.3) is 11.3 Å². The number of methoxy groups -OCH3 is 1. The van der Waals surface area contributed by atoms with Crippen LogP contribution in [-0.2, 0) is 4.74 Å². The summed E-state index contributed by atoms with van der Waals surface area (Å²) in [5.74, 6) is 2.12. The van der Waals surface area contributed by atoms with Gasteiger partial charge >= 0.3 is 5.97 Å². The summed E-state index contributed by atoms with van der Waals surface area (Å²) in [5.41, 5.74) is 1.25. The first-order valence-electron chi connectivity index (χ1n) is 9.67. The first-order chi connectivity index (χ1) is 12.5. The van der Waals surface area contributed by atoms with Crippen LogP contribution >= 0.6 is 0 Å². The Bertz CT molecular complexity index is 861. The zero-order valence-corrected chi connectivity index (χ0v) is 15.3. The van der Waals surface area contributed by atoms with Crippen LogP contribution in [-0.4, -0.2) is 27.8 Å². The summed E-state index contributed by atoms with van der Waals surface area (Å²) >= 11 is 0. The summed E-state index contributed by atoms with van der Waals surface area (Å²) in [6, 6.07) is 0.248. The fourth-order valence-corrected chi connectivity index (χ4v) is 6.54. The predicted molar refractivity (Wildman–Crippen MR) is 96.1 cm³/mol. The lowest BCUT2D eigenvalue weighted by molar-refractivity contribution is -0.0789. The van der Waals surface area contributed by atoms with Gasteiger partial charge in [0.1, 0.15) is 11.3 Å². The summed E-state index contributed by atoms with van der Waals surface area (Å²) in [7, 11) is 1.36. The molecule has 26 heavy (non-hydrogen) atoms. The monoisotopic (exact) mass is 355 g/mol. The molecular weight excluding hydrogens is 330 g/mol. The molecule has 6 rings (SSSR count). The lowest BCUT2D eigenvalue weighted by Crippen LogP contribution is -2.49. The van der Waals surface area contributed by atoms with Crippen LogP contribution in [0.3, 0.4) is 0 Å². The molecule has 4 aliphatic carbocycles. The maximum absolute atomic E-state index is 12.3. The highest BCUT2D eigenvalue weighted by Crippen LogP contribution is 2.63. The molecule has 0 saturated heterocycles. The summed E-state index contributed by atoms with van der Waals surface area (Å²) in [6.07, 6.45) is 11.7. The minimum atomic E-state index is -0.450. The van der Waals surface area contributed by atoms with Crippen molar-refractivity contribution in [3.63, 3.8) is 0 Å². The fraction of sp³-hybridized carbons (Fsp3) is 0.650. The van der Waals surface area contributed by atoms with Crippen LogP contribution in [0.1, 0.15) is 61.8 Å². The number of fused-ring (bicyclic) bond motifs is 1. The van der Waals surface area contributed by atoms with E-state index in [9.17, 15) is 9.59 Å². The molecule has 0 radical (unpaired) electrons. The Morgan fingerprint density at radius 2 is 1.85 bits per heavy atom. The largest absolute Gasteiger partial charge is 0.465 e. The van der Waals surface area contributed by atoms with Gasteiger partial charge in [0.15, 0.2) is 0 Å². The van der Waals surface area contributed by atoms with Crippen molar-refractivity contribution < 1.29 is 9.53 Å². The van der Waals surface area contributed by atoms with Gasteiger partial charge in [0.25, 0.3) is 5.56 Å². The quantitative estimate of drug-likeness (QED) is 0.858. The molecule has 4 fully saturated rings. The van der Waals surface area contributed by atoms with Gasteiger partial charge in [0.05, 0.1) is 12.7 Å². The van der Waals surface area contributed by atoms with Gasteiger partial charge in [-0.05, 0) is 68.6 Å². The average Bonchev–Trinajstić information content (AvgIpc) is 2.99. The molecule has 2 heterocycles. The van der Waals surface area contributed by atoms with Gasteiger partial charge in [-0.25, -0.2) is 9.89 Å². The molecule has 1 N–H and O–H groups in total. The van der Waals surface area contributed by atoms with E-state index in [1.165, 1.54) is 45.6 Å². The van der Waals surface area contributed by atoms with Gasteiger partial charge in [-0.2, -0.15) is 5.10 Å². The van der Waals surface area contributed by atoms with E-state index in [1.54, 1.807) is 0 Å². The molecule has 6 aliphatic rings. The van der Waals surface area contributed by atoms with Crippen molar-refractivity contribution in [2.45, 2.75) is 51.5 Å². The van der Waals surface area contributed by atoms with Crippen LogP contribution < -0.4 is 5.56 Å². The number of aromatic amines is 1. The van der Waals surface area contributed by atoms with Gasteiger partial charge in [-0.3, -0.25) is 4.79 Å². The molecule has 1 atom stereocenters. The van der Waals surface area contributed by atoms with E-state index in [0.29, 0.717) is 16.8 Å². The number of esters is 1. The summed E-state index contributed by atoms with van der Waals surface area (Å²) < 4.78 is 7.01. The molecule has 6 heteroatoms. The molecule has 0 spiro atoms. The third-order valence-electron chi connectivity index (χ3n) is 7.40. The number of nitrogens with one attached hydrogen (secondary N) is 1. The SMILES string of the molecule is COC(=O)c1cn(C(C)C23CC4CC(CC(C4)C2)C3)cc2c(=O)[nH]nc1-2. The van der Waals surface area contributed by atoms with Crippen molar-refractivity contribution in [2.24, 2.45) is 23.2 Å². The molecule has 4 saturated carbocycles. The lowest BCUT2D eigenvalue weighted by Gasteiger charge is -2.59. The lowest BCUT2D eigenvalue weighted by atomic mass is 9.48. The molecule has 138 valence electrons. The zero-order chi connectivity index (χ0) is 18.1. The van der Waals surface area contributed by atoms with E-state index in [-0.39, 0.29) is 17.0 Å². The predicted octanol–water partition coefficient (Wildman–Crippen LogP) is 3.24. The van der Waals surface area contributed by atoms with Crippen molar-refractivity contribution in [3.05, 3.63) is 28.3 Å². The number of carbonyl (C=O) groups is 1. The molecule has 4 bridgehead atoms. The summed E-state index contributed by atoms with van der Waals surface area (Å²) in [5, 5.41) is 6.50. The number of carbonyl (C=O) groups excluding carboxylic acids is 1. The second-order valence-electron chi connectivity index (χ2n) is 8.88. The van der Waals surface area contributed by atoms with E-state index in [1.807, 2.05) is 12.4 Å². The van der Waals surface area contributed by atoms with Crippen LogP contribution in [0.4, 0.5) is 0 Å². The third kappa shape index (κ3) is 2.20. The van der Waals surface area contributed by atoms with Crippen LogP contribution in [0.15, 0.2) is 17.2 Å². The molecule has 0 aromatic rings. The van der Waals surface area contributed by atoms with E-state index >= 15 is 0 Å². The van der Waals surface area contributed by atoms with Gasteiger partial charge in [-0.1, -0.05) is 0 Å². The Labute approximate surface area is 152 Å². The number of hydrogen-bond acceptors (Lipinski definition) is 4. The maximum atomic E-state index is 12.3. The molecule has 6 nitrogen and oxygen atoms in total. The van der Waals surface area contributed by atoms with Crippen molar-refractivity contribution in [1.29, 1.82) is 0 Å². The molecule has 2 aliphatic heterocycles. The molecular formula is C20H25N3O3. The second-order valence-corrected chi connectivity index (χ2v) is 8.88. The van der Waals surface area contributed by atoms with Crippen molar-refractivity contribution in [1.82, 2.24) is 14.8 Å². The Morgan fingerprint density at radius 3 is 2.42 bits per heavy atom. The average molecular weight is 355 g/mol. The number of pyridine rings is 1. The smallest absolute Gasteiger partial charge is 0.341 e. The standard InChI is InChI=1S/C20H25N3O3/c1-11(20-6-12-3-13(7-20)5-14(4-12)8-20)23-9-15-17(21-22-18(15)24)16(10-23)19(25)26-2/h9-14H,3-8H2,1-2H3,(H,22,24). The first-order valence-corrected chi connectivity index (χ1v) is 9.67. The highest BCUT2D eigenvalue weighted by atomic mass is 16.5. The van der Waals surface area contributed by atoms with Gasteiger partial charge in [0.2, 0.25) is 0 Å². The number of nitrogens with zero attached hydrogens (tertiary/aromatic N) is 2. The Balaban J connectivity index is 1.60. The van der Waals surface area contributed by atoms with E-state index < -0.39 is 5.97 Å². The van der Waals surface area contributed by atoms with Gasteiger partial charge < -0.3 is 9.30 Å². The van der Waals surface area contributed by atoms with Gasteiger partial charge in [-0.15, -0.1) is 0 Å². The van der Waals surface area contributed by atoms with Crippen molar-refractivity contribution >= 4 is 5.97 Å². The van der Waals surface area contributed by atoms with Gasteiger partial charge in [0, 0.05) is 18.4 Å². The number of H-pyrrole nitrogens is 1.